The second kappa shape index (κ2) is 6.36. The summed E-state index contributed by atoms with van der Waals surface area (Å²) in [5.41, 5.74) is 1.37. The maximum atomic E-state index is 10.5. The average Bonchev–Trinajstić information content (AvgIpc) is 2.45. The Bertz CT molecular complexity index is 602. The Morgan fingerprint density at radius 3 is 2.45 bits per heavy atom. The lowest BCUT2D eigenvalue weighted by molar-refractivity contribution is -0.384. The predicted molar refractivity (Wildman–Crippen MR) is 78.0 cm³/mol. The van der Waals surface area contributed by atoms with Gasteiger partial charge in [-0.15, -0.1) is 0 Å². The molecular weight excluding hydrogens is 280 g/mol. The topological polar surface area (TPSA) is 75.4 Å². The lowest BCUT2D eigenvalue weighted by Gasteiger charge is -2.14. The van der Waals surface area contributed by atoms with Crippen molar-refractivity contribution in [2.45, 2.75) is 6.10 Å². The lowest BCUT2D eigenvalue weighted by Crippen LogP contribution is -2.12. The highest BCUT2D eigenvalue weighted by atomic mass is 35.5. The van der Waals surface area contributed by atoms with Crippen molar-refractivity contribution in [1.29, 1.82) is 0 Å². The molecule has 0 fully saturated rings. The third-order valence-electron chi connectivity index (χ3n) is 2.84. The molecule has 0 aliphatic rings. The number of nitrogens with one attached hydrogen (secondary N) is 1. The molecule has 0 aromatic heterocycles. The van der Waals surface area contributed by atoms with Crippen LogP contribution in [0.3, 0.4) is 0 Å². The molecule has 1 unspecified atom stereocenters. The van der Waals surface area contributed by atoms with Crippen LogP contribution in [0.4, 0.5) is 11.4 Å². The molecule has 0 radical (unpaired) electrons. The van der Waals surface area contributed by atoms with Gasteiger partial charge in [-0.2, -0.15) is 0 Å². The number of benzene rings is 2. The Morgan fingerprint density at radius 1 is 1.20 bits per heavy atom. The first kappa shape index (κ1) is 14.3. The lowest BCUT2D eigenvalue weighted by atomic mass is 10.1. The highest BCUT2D eigenvalue weighted by Crippen LogP contribution is 2.23. The quantitative estimate of drug-likeness (QED) is 0.654. The summed E-state index contributed by atoms with van der Waals surface area (Å²) in [6.45, 7) is 0.265. The minimum atomic E-state index is -0.751. The van der Waals surface area contributed by atoms with Gasteiger partial charge in [-0.1, -0.05) is 29.8 Å². The zero-order chi connectivity index (χ0) is 14.5. The van der Waals surface area contributed by atoms with Gasteiger partial charge in [0.05, 0.1) is 11.0 Å². The van der Waals surface area contributed by atoms with Crippen molar-refractivity contribution in [1.82, 2.24) is 0 Å². The molecular formula is C14H13ClN2O3. The number of nitro benzene ring substituents is 1. The van der Waals surface area contributed by atoms with Crippen molar-refractivity contribution in [3.05, 3.63) is 69.2 Å². The van der Waals surface area contributed by atoms with Crippen molar-refractivity contribution in [3.63, 3.8) is 0 Å². The van der Waals surface area contributed by atoms with Crippen molar-refractivity contribution >= 4 is 23.0 Å². The molecule has 6 heteroatoms. The number of aliphatic hydroxyl groups is 1. The second-order valence-corrected chi connectivity index (χ2v) is 4.63. The van der Waals surface area contributed by atoms with Crippen molar-refractivity contribution in [2.75, 3.05) is 11.9 Å². The van der Waals surface area contributed by atoms with Crippen LogP contribution < -0.4 is 5.32 Å². The number of hydrogen-bond acceptors (Lipinski definition) is 4. The van der Waals surface area contributed by atoms with E-state index >= 15 is 0 Å². The van der Waals surface area contributed by atoms with Crippen LogP contribution in [0.2, 0.25) is 5.02 Å². The van der Waals surface area contributed by atoms with E-state index in [-0.39, 0.29) is 12.2 Å². The fourth-order valence-electron chi connectivity index (χ4n) is 1.77. The first-order valence-corrected chi connectivity index (χ1v) is 6.36. The molecule has 2 rings (SSSR count). The summed E-state index contributed by atoms with van der Waals surface area (Å²) in [5.74, 6) is 0. The van der Waals surface area contributed by atoms with E-state index in [2.05, 4.69) is 5.32 Å². The second-order valence-electron chi connectivity index (χ2n) is 4.22. The van der Waals surface area contributed by atoms with E-state index in [1.807, 2.05) is 0 Å². The van der Waals surface area contributed by atoms with Gasteiger partial charge in [-0.25, -0.2) is 0 Å². The number of rotatable bonds is 5. The molecule has 0 spiro atoms. The molecule has 0 saturated heterocycles. The van der Waals surface area contributed by atoms with Gasteiger partial charge in [0.15, 0.2) is 0 Å². The van der Waals surface area contributed by atoms with Gasteiger partial charge in [0.25, 0.3) is 5.69 Å². The van der Waals surface area contributed by atoms with E-state index in [0.717, 1.165) is 0 Å². The number of halogens is 1. The zero-order valence-corrected chi connectivity index (χ0v) is 11.2. The summed E-state index contributed by atoms with van der Waals surface area (Å²) in [6, 6.07) is 13.1. The first-order chi connectivity index (χ1) is 9.58. The Morgan fingerprint density at radius 2 is 1.85 bits per heavy atom. The van der Waals surface area contributed by atoms with E-state index in [9.17, 15) is 15.2 Å². The van der Waals surface area contributed by atoms with Crippen LogP contribution in [-0.2, 0) is 0 Å². The fourth-order valence-corrected chi connectivity index (χ4v) is 2.03. The molecule has 104 valence electrons. The number of nitrogens with zero attached hydrogens (tertiary/aromatic N) is 1. The molecule has 0 bridgehead atoms. The standard InChI is InChI=1S/C14H13ClN2O3/c15-13-4-2-1-3-12(13)14(18)9-16-10-5-7-11(8-6-10)17(19)20/h1-8,14,16,18H,9H2. The average molecular weight is 293 g/mol. The van der Waals surface area contributed by atoms with Crippen molar-refractivity contribution in [3.8, 4) is 0 Å². The first-order valence-electron chi connectivity index (χ1n) is 5.99. The smallest absolute Gasteiger partial charge is 0.269 e. The molecule has 20 heavy (non-hydrogen) atoms. The van der Waals surface area contributed by atoms with Crippen LogP contribution in [0.15, 0.2) is 48.5 Å². The number of non-ortho nitro benzene ring substituents is 1. The molecule has 2 aromatic carbocycles. The Balaban J connectivity index is 1.98. The minimum Gasteiger partial charge on any atom is -0.387 e. The van der Waals surface area contributed by atoms with Gasteiger partial charge < -0.3 is 10.4 Å². The van der Waals surface area contributed by atoms with E-state index in [0.29, 0.717) is 16.3 Å². The summed E-state index contributed by atoms with van der Waals surface area (Å²) in [4.78, 5) is 10.1. The van der Waals surface area contributed by atoms with Crippen LogP contribution in [0.1, 0.15) is 11.7 Å². The van der Waals surface area contributed by atoms with Crippen LogP contribution in [0.25, 0.3) is 0 Å². The Labute approximate surface area is 121 Å². The third kappa shape index (κ3) is 3.46. The zero-order valence-electron chi connectivity index (χ0n) is 10.5. The van der Waals surface area contributed by atoms with Crippen molar-refractivity contribution in [2.24, 2.45) is 0 Å². The van der Waals surface area contributed by atoms with Gasteiger partial charge in [-0.3, -0.25) is 10.1 Å². The monoisotopic (exact) mass is 292 g/mol. The predicted octanol–water partition coefficient (Wildman–Crippen LogP) is 3.39. The molecule has 2 N–H and O–H groups in total. The van der Waals surface area contributed by atoms with Gasteiger partial charge in [0.1, 0.15) is 0 Å². The third-order valence-corrected chi connectivity index (χ3v) is 3.19. The Kier molecular flexibility index (Phi) is 4.55. The number of aliphatic hydroxyl groups excluding tert-OH is 1. The van der Waals surface area contributed by atoms with Crippen LogP contribution >= 0.6 is 11.6 Å². The van der Waals surface area contributed by atoms with E-state index < -0.39 is 11.0 Å². The molecule has 0 amide bonds. The largest absolute Gasteiger partial charge is 0.387 e. The minimum absolute atomic E-state index is 0.0298. The number of hydrogen-bond donors (Lipinski definition) is 2. The molecule has 1 atom stereocenters. The Hall–Kier alpha value is -2.11. The summed E-state index contributed by atoms with van der Waals surface area (Å²) >= 11 is 5.99. The van der Waals surface area contributed by atoms with E-state index in [1.54, 1.807) is 36.4 Å². The molecule has 2 aromatic rings. The van der Waals surface area contributed by atoms with Gasteiger partial charge in [-0.05, 0) is 18.2 Å². The van der Waals surface area contributed by atoms with E-state index in [4.69, 9.17) is 11.6 Å². The summed E-state index contributed by atoms with van der Waals surface area (Å²) in [5, 5.41) is 24.1. The van der Waals surface area contributed by atoms with Crippen molar-refractivity contribution < 1.29 is 10.0 Å². The number of anilines is 1. The highest BCUT2D eigenvalue weighted by Gasteiger charge is 2.11. The van der Waals surface area contributed by atoms with Crippen LogP contribution in [-0.4, -0.2) is 16.6 Å². The summed E-state index contributed by atoms with van der Waals surface area (Å²) < 4.78 is 0. The van der Waals surface area contributed by atoms with Gasteiger partial charge in [0, 0.05) is 35.0 Å². The molecule has 0 aliphatic heterocycles. The highest BCUT2D eigenvalue weighted by molar-refractivity contribution is 6.31. The summed E-state index contributed by atoms with van der Waals surface area (Å²) in [6.07, 6.45) is -0.751. The number of nitro groups is 1. The van der Waals surface area contributed by atoms with Crippen LogP contribution in [0.5, 0.6) is 0 Å². The molecule has 0 heterocycles. The fraction of sp³-hybridized carbons (Fsp3) is 0.143. The normalized spacial score (nSPS) is 11.9. The van der Waals surface area contributed by atoms with Gasteiger partial charge in [0.2, 0.25) is 0 Å². The molecule has 0 aliphatic carbocycles. The maximum absolute atomic E-state index is 10.5. The molecule has 0 saturated carbocycles. The van der Waals surface area contributed by atoms with E-state index in [1.165, 1.54) is 12.1 Å². The van der Waals surface area contributed by atoms with Crippen LogP contribution in [0, 0.1) is 10.1 Å². The molecule has 5 nitrogen and oxygen atoms in total. The van der Waals surface area contributed by atoms with Gasteiger partial charge >= 0.3 is 0 Å². The summed E-state index contributed by atoms with van der Waals surface area (Å²) in [7, 11) is 0. The SMILES string of the molecule is O=[N+]([O-])c1ccc(NCC(O)c2ccccc2Cl)cc1. The maximum Gasteiger partial charge on any atom is 0.269 e.